The van der Waals surface area contributed by atoms with E-state index in [0.29, 0.717) is 13.1 Å². The maximum atomic E-state index is 13.8. The summed E-state index contributed by atoms with van der Waals surface area (Å²) in [6.45, 7) is 8.17. The Bertz CT molecular complexity index is 3350. The van der Waals surface area contributed by atoms with Crippen molar-refractivity contribution in [3.8, 4) is 0 Å². The largest absolute Gasteiger partial charge is 0.348 e. The summed E-state index contributed by atoms with van der Waals surface area (Å²) in [6, 6.07) is 53.0. The Morgan fingerprint density at radius 2 is 1.06 bits per heavy atom. The van der Waals surface area contributed by atoms with E-state index in [0.717, 1.165) is 116 Å². The minimum atomic E-state index is -0.659. The van der Waals surface area contributed by atoms with Crippen molar-refractivity contribution in [1.29, 1.82) is 0 Å². The highest BCUT2D eigenvalue weighted by molar-refractivity contribution is 6.31. The topological polar surface area (TPSA) is 102 Å². The number of fused-ring (bicyclic) bond motifs is 4. The number of pyridine rings is 2. The van der Waals surface area contributed by atoms with Crippen LogP contribution in [0.4, 0.5) is 0 Å². The molecule has 2 fully saturated rings. The molecule has 1 N–H and O–H groups in total. The van der Waals surface area contributed by atoms with Gasteiger partial charge in [0, 0.05) is 106 Å². The summed E-state index contributed by atoms with van der Waals surface area (Å²) in [7, 11) is 0. The molecule has 0 spiro atoms. The highest BCUT2D eigenvalue weighted by atomic mass is 35.5. The Hall–Kier alpha value is -7.25. The Morgan fingerprint density at radius 1 is 0.564 bits per heavy atom. The highest BCUT2D eigenvalue weighted by Gasteiger charge is 2.39. The van der Waals surface area contributed by atoms with Crippen molar-refractivity contribution >= 4 is 29.1 Å². The fourth-order valence-electron chi connectivity index (χ4n) is 12.6. The van der Waals surface area contributed by atoms with Crippen LogP contribution in [-0.4, -0.2) is 114 Å². The Labute approximate surface area is 467 Å². The minimum absolute atomic E-state index is 0.0426. The van der Waals surface area contributed by atoms with Crippen LogP contribution in [0.25, 0.3) is 0 Å². The van der Waals surface area contributed by atoms with Gasteiger partial charge in [-0.3, -0.25) is 24.6 Å². The van der Waals surface area contributed by atoms with Gasteiger partial charge in [-0.05, 0) is 112 Å². The Balaban J connectivity index is 0.000000178. The van der Waals surface area contributed by atoms with E-state index < -0.39 is 5.54 Å². The van der Waals surface area contributed by atoms with Crippen molar-refractivity contribution in [2.45, 2.75) is 56.1 Å². The average molecular weight is 1070 g/mol. The molecule has 2 unspecified atom stereocenters. The summed E-state index contributed by atoms with van der Waals surface area (Å²) in [5.74, 6) is 0.0983. The normalized spacial score (nSPS) is 17.8. The first-order valence-corrected chi connectivity index (χ1v) is 28.2. The van der Waals surface area contributed by atoms with Gasteiger partial charge in [-0.25, -0.2) is 9.97 Å². The number of rotatable bonds is 11. The van der Waals surface area contributed by atoms with Crippen LogP contribution in [0.1, 0.15) is 84.9 Å². The molecule has 2 atom stereocenters. The maximum Gasteiger partial charge on any atom is 0.228 e. The van der Waals surface area contributed by atoms with Gasteiger partial charge in [-0.2, -0.15) is 0 Å². The van der Waals surface area contributed by atoms with Crippen LogP contribution < -0.4 is 0 Å². The number of piperazine rings is 2. The van der Waals surface area contributed by atoms with Gasteiger partial charge in [0.1, 0.15) is 5.54 Å². The number of carbonyl (C=O) groups is 1. The zero-order valence-corrected chi connectivity index (χ0v) is 45.4. The number of hydrogen-bond donors (Lipinski definition) is 1. The second-order valence-electron chi connectivity index (χ2n) is 21.0. The lowest BCUT2D eigenvalue weighted by molar-refractivity contribution is -0.132. The third kappa shape index (κ3) is 10.7. The molecule has 6 heterocycles. The zero-order chi connectivity index (χ0) is 52.8. The lowest BCUT2D eigenvalue weighted by Gasteiger charge is -2.39. The van der Waals surface area contributed by atoms with Crippen molar-refractivity contribution in [3.05, 3.63) is 272 Å². The van der Waals surface area contributed by atoms with Crippen molar-refractivity contribution in [3.63, 3.8) is 0 Å². The molecule has 11 nitrogen and oxygen atoms in total. The number of H-pyrrole nitrogens is 1. The quantitative estimate of drug-likeness (QED) is 0.128. The molecule has 13 heteroatoms. The number of hydrogen-bond acceptors (Lipinski definition) is 8. The molecule has 2 aliphatic carbocycles. The van der Waals surface area contributed by atoms with Gasteiger partial charge in [0.2, 0.25) is 5.91 Å². The van der Waals surface area contributed by atoms with E-state index in [-0.39, 0.29) is 24.4 Å². The first-order chi connectivity index (χ1) is 38.4. The van der Waals surface area contributed by atoms with Crippen LogP contribution in [0.5, 0.6) is 0 Å². The minimum Gasteiger partial charge on any atom is -0.348 e. The molecular formula is C65H64Cl2N10O. The Morgan fingerprint density at radius 3 is 1.56 bits per heavy atom. The first kappa shape index (κ1) is 51.5. The van der Waals surface area contributed by atoms with E-state index in [1.54, 1.807) is 6.33 Å². The molecule has 1 amide bonds. The molecule has 0 radical (unpaired) electrons. The third-order valence-corrected chi connectivity index (χ3v) is 17.0. The van der Waals surface area contributed by atoms with E-state index in [1.165, 1.54) is 44.8 Å². The molecular weight excluding hydrogens is 1010 g/mol. The monoisotopic (exact) mass is 1070 g/mol. The second-order valence-corrected chi connectivity index (χ2v) is 21.8. The fourth-order valence-corrected chi connectivity index (χ4v) is 13.0. The van der Waals surface area contributed by atoms with Crippen molar-refractivity contribution in [2.75, 3.05) is 58.9 Å². The number of amides is 1. The van der Waals surface area contributed by atoms with Gasteiger partial charge in [-0.1, -0.05) is 138 Å². The molecule has 5 aromatic carbocycles. The molecule has 394 valence electrons. The first-order valence-electron chi connectivity index (χ1n) is 27.5. The third-order valence-electron chi connectivity index (χ3n) is 16.5. The molecule has 4 aromatic heterocycles. The maximum absolute atomic E-state index is 13.8. The van der Waals surface area contributed by atoms with E-state index >= 15 is 0 Å². The summed E-state index contributed by atoms with van der Waals surface area (Å²) in [5, 5.41) is 1.59. The number of carbonyl (C=O) groups excluding carboxylic acids is 1. The summed E-state index contributed by atoms with van der Waals surface area (Å²) >= 11 is 12.8. The summed E-state index contributed by atoms with van der Waals surface area (Å²) < 4.78 is 2.17. The summed E-state index contributed by atoms with van der Waals surface area (Å²) in [4.78, 5) is 45.4. The molecule has 0 saturated carbocycles. The van der Waals surface area contributed by atoms with Crippen molar-refractivity contribution < 1.29 is 4.79 Å². The van der Waals surface area contributed by atoms with E-state index in [2.05, 4.69) is 151 Å². The van der Waals surface area contributed by atoms with Crippen LogP contribution >= 0.6 is 23.2 Å². The number of aromatic nitrogens is 6. The van der Waals surface area contributed by atoms with E-state index in [1.807, 2.05) is 66.2 Å². The Kier molecular flexibility index (Phi) is 15.4. The van der Waals surface area contributed by atoms with E-state index in [9.17, 15) is 4.79 Å². The number of halogens is 2. The number of aromatic amines is 1. The molecule has 2 aliphatic heterocycles. The molecule has 0 bridgehead atoms. The number of nitrogens with zero attached hydrogens (tertiary/aromatic N) is 9. The predicted molar refractivity (Wildman–Crippen MR) is 309 cm³/mol. The summed E-state index contributed by atoms with van der Waals surface area (Å²) in [5.41, 5.74) is 14.9. The molecule has 78 heavy (non-hydrogen) atoms. The van der Waals surface area contributed by atoms with Gasteiger partial charge in [0.05, 0.1) is 48.2 Å². The summed E-state index contributed by atoms with van der Waals surface area (Å²) in [6.07, 6.45) is 16.7. The number of aryl methyl sites for hydroxylation is 4. The molecule has 4 aliphatic rings. The molecule has 13 rings (SSSR count). The zero-order valence-electron chi connectivity index (χ0n) is 43.8. The SMILES string of the molecule is Clc1ccc2c(c1)CCc1cccnc1C2N1CCN(CCc2cnc[nH]2)CC1.O=C(Cc1cn(C(c2ccccc2)(c2ccccc2)c2ccccc2)cn1)N1CCN(C2c3ccc(Cl)cc3CCc3cccnc32)CC1. The van der Waals surface area contributed by atoms with Gasteiger partial charge in [0.25, 0.3) is 0 Å². The van der Waals surface area contributed by atoms with Crippen LogP contribution in [0.2, 0.25) is 10.0 Å². The smallest absolute Gasteiger partial charge is 0.228 e. The van der Waals surface area contributed by atoms with Crippen LogP contribution in [-0.2, 0) is 48.9 Å². The predicted octanol–water partition coefficient (Wildman–Crippen LogP) is 10.9. The molecule has 2 saturated heterocycles. The van der Waals surface area contributed by atoms with Crippen LogP contribution in [0.3, 0.4) is 0 Å². The van der Waals surface area contributed by atoms with Crippen molar-refractivity contribution in [2.24, 2.45) is 0 Å². The van der Waals surface area contributed by atoms with Gasteiger partial charge < -0.3 is 19.4 Å². The van der Waals surface area contributed by atoms with E-state index in [4.69, 9.17) is 38.2 Å². The number of imidazole rings is 2. The lowest BCUT2D eigenvalue weighted by Crippen LogP contribution is -2.50. The average Bonchev–Trinajstić information content (AvgIpc) is 4.31. The van der Waals surface area contributed by atoms with Gasteiger partial charge in [-0.15, -0.1) is 0 Å². The van der Waals surface area contributed by atoms with Gasteiger partial charge >= 0.3 is 0 Å². The van der Waals surface area contributed by atoms with Crippen molar-refractivity contribution in [1.82, 2.24) is 49.1 Å². The van der Waals surface area contributed by atoms with Gasteiger partial charge in [0.15, 0.2) is 0 Å². The molecule has 9 aromatic rings. The number of nitrogens with one attached hydrogen (secondary N) is 1. The number of benzene rings is 5. The van der Waals surface area contributed by atoms with Crippen LogP contribution in [0.15, 0.2) is 189 Å². The second kappa shape index (κ2) is 23.4. The highest BCUT2D eigenvalue weighted by Crippen LogP contribution is 2.42. The van der Waals surface area contributed by atoms with Crippen LogP contribution in [0, 0.1) is 0 Å². The lowest BCUT2D eigenvalue weighted by atomic mass is 9.77. The standard InChI is InChI=1S/C42H38ClN5O.C23H26ClN5/c43-36-20-21-38-32(27-36)19-18-31-11-10-22-44-40(31)41(38)47-25-23-46(24-26-47)39(49)28-37-29-48(30-45-37)42(33-12-4-1-5-13-33,34-14-6-2-7-15-34)35-16-8-3-9-17-35;24-19-5-6-21-18(14-19)4-3-17-2-1-8-26-22(17)23(21)29-12-10-28(11-13-29)9-7-20-15-25-16-27-20/h1-17,20-22,27,29-30,41H,18-19,23-26,28H2;1-2,5-6,8,14-16,23H,3-4,7,9-13H2,(H,25,27). The fraction of sp³-hybridized carbons (Fsp3) is 0.277.